The second-order valence-electron chi connectivity index (χ2n) is 5.97. The van der Waals surface area contributed by atoms with Crippen molar-refractivity contribution in [3.05, 3.63) is 65.7 Å². The Bertz CT molecular complexity index is 1010. The van der Waals surface area contributed by atoms with Crippen LogP contribution >= 0.6 is 11.8 Å². The summed E-state index contributed by atoms with van der Waals surface area (Å²) in [7, 11) is 1.58. The fourth-order valence-corrected chi connectivity index (χ4v) is 3.71. The molecule has 9 heteroatoms. The lowest BCUT2D eigenvalue weighted by Gasteiger charge is -2.29. The van der Waals surface area contributed by atoms with Crippen LogP contribution in [0.1, 0.15) is 16.2 Å². The Labute approximate surface area is 165 Å². The van der Waals surface area contributed by atoms with Crippen molar-refractivity contribution in [1.29, 1.82) is 0 Å². The minimum atomic E-state index is -0.456. The van der Waals surface area contributed by atoms with E-state index in [0.29, 0.717) is 34.8 Å². The predicted molar refractivity (Wildman–Crippen MR) is 102 cm³/mol. The molecule has 2 aromatic carbocycles. The summed E-state index contributed by atoms with van der Waals surface area (Å²) in [5, 5.41) is 10.4. The van der Waals surface area contributed by atoms with Gasteiger partial charge in [-0.25, -0.2) is 14.1 Å². The SMILES string of the molecule is COc1cccc(OCc2nnc3n2N(C(=O)c2cccc(F)c2)CCS3)c1. The number of carbonyl (C=O) groups excluding carboxylic acids is 1. The number of hydrogen-bond donors (Lipinski definition) is 0. The van der Waals surface area contributed by atoms with E-state index in [2.05, 4.69) is 10.2 Å². The molecule has 0 spiro atoms. The molecule has 0 saturated heterocycles. The first-order chi connectivity index (χ1) is 13.7. The Balaban J connectivity index is 1.58. The van der Waals surface area contributed by atoms with Crippen molar-refractivity contribution in [2.24, 2.45) is 0 Å². The lowest BCUT2D eigenvalue weighted by molar-refractivity contribution is 0.0952. The van der Waals surface area contributed by atoms with Crippen LogP contribution in [0.3, 0.4) is 0 Å². The van der Waals surface area contributed by atoms with Crippen LogP contribution in [0.2, 0.25) is 0 Å². The van der Waals surface area contributed by atoms with Gasteiger partial charge in [-0.15, -0.1) is 10.2 Å². The summed E-state index contributed by atoms with van der Waals surface area (Å²) in [5.74, 6) is 1.68. The molecule has 0 aliphatic carbocycles. The number of nitrogens with zero attached hydrogens (tertiary/aromatic N) is 4. The molecule has 0 atom stereocenters. The lowest BCUT2D eigenvalue weighted by atomic mass is 10.2. The molecule has 3 aromatic rings. The lowest BCUT2D eigenvalue weighted by Crippen LogP contribution is -2.45. The van der Waals surface area contributed by atoms with Gasteiger partial charge in [-0.05, 0) is 30.3 Å². The summed E-state index contributed by atoms with van der Waals surface area (Å²) in [6.45, 7) is 0.574. The molecule has 0 radical (unpaired) electrons. The van der Waals surface area contributed by atoms with Gasteiger partial charge >= 0.3 is 0 Å². The molecule has 1 amide bonds. The van der Waals surface area contributed by atoms with Crippen molar-refractivity contribution in [3.8, 4) is 11.5 Å². The van der Waals surface area contributed by atoms with E-state index in [-0.39, 0.29) is 18.1 Å². The van der Waals surface area contributed by atoms with E-state index in [4.69, 9.17) is 9.47 Å². The number of thioether (sulfide) groups is 1. The number of halogens is 1. The zero-order valence-corrected chi connectivity index (χ0v) is 15.9. The van der Waals surface area contributed by atoms with E-state index < -0.39 is 5.82 Å². The topological polar surface area (TPSA) is 69.5 Å². The molecular weight excluding hydrogens is 383 g/mol. The van der Waals surface area contributed by atoms with Crippen molar-refractivity contribution in [2.75, 3.05) is 24.4 Å². The third-order valence-electron chi connectivity index (χ3n) is 4.17. The average molecular weight is 400 g/mol. The van der Waals surface area contributed by atoms with E-state index in [9.17, 15) is 9.18 Å². The first-order valence-corrected chi connectivity index (χ1v) is 9.56. The Hall–Kier alpha value is -3.07. The highest BCUT2D eigenvalue weighted by molar-refractivity contribution is 7.99. The second-order valence-corrected chi connectivity index (χ2v) is 7.03. The van der Waals surface area contributed by atoms with Crippen LogP contribution in [0.4, 0.5) is 4.39 Å². The van der Waals surface area contributed by atoms with Gasteiger partial charge in [0.05, 0.1) is 13.7 Å². The summed E-state index contributed by atoms with van der Waals surface area (Å²) in [6.07, 6.45) is 0. The number of carbonyl (C=O) groups is 1. The van der Waals surface area contributed by atoms with E-state index >= 15 is 0 Å². The molecule has 0 bridgehead atoms. The maximum Gasteiger partial charge on any atom is 0.272 e. The Kier molecular flexibility index (Phi) is 5.16. The van der Waals surface area contributed by atoms with Gasteiger partial charge < -0.3 is 9.47 Å². The van der Waals surface area contributed by atoms with Crippen LogP contribution in [0.5, 0.6) is 11.5 Å². The van der Waals surface area contributed by atoms with Gasteiger partial charge in [0.15, 0.2) is 5.82 Å². The molecule has 28 heavy (non-hydrogen) atoms. The second kappa shape index (κ2) is 7.89. The molecule has 0 saturated carbocycles. The minimum absolute atomic E-state index is 0.119. The number of methoxy groups -OCH3 is 1. The molecule has 2 heterocycles. The summed E-state index contributed by atoms with van der Waals surface area (Å²) in [4.78, 5) is 12.9. The molecule has 1 aromatic heterocycles. The maximum absolute atomic E-state index is 13.5. The smallest absolute Gasteiger partial charge is 0.272 e. The summed E-state index contributed by atoms with van der Waals surface area (Å²) < 4.78 is 26.2. The Morgan fingerprint density at radius 3 is 2.82 bits per heavy atom. The fraction of sp³-hybridized carbons (Fsp3) is 0.211. The van der Waals surface area contributed by atoms with Crippen molar-refractivity contribution in [1.82, 2.24) is 14.9 Å². The maximum atomic E-state index is 13.5. The predicted octanol–water partition coefficient (Wildman–Crippen LogP) is 2.89. The summed E-state index contributed by atoms with van der Waals surface area (Å²) in [5.41, 5.74) is 0.270. The highest BCUT2D eigenvalue weighted by atomic mass is 32.2. The largest absolute Gasteiger partial charge is 0.497 e. The van der Waals surface area contributed by atoms with Crippen LogP contribution in [0.25, 0.3) is 0 Å². The van der Waals surface area contributed by atoms with Gasteiger partial charge in [0.1, 0.15) is 23.9 Å². The van der Waals surface area contributed by atoms with Gasteiger partial charge in [0.25, 0.3) is 5.91 Å². The van der Waals surface area contributed by atoms with Crippen LogP contribution in [0, 0.1) is 5.82 Å². The summed E-state index contributed by atoms with van der Waals surface area (Å²) >= 11 is 1.50. The molecule has 7 nitrogen and oxygen atoms in total. The van der Waals surface area contributed by atoms with E-state index in [1.807, 2.05) is 12.1 Å². The molecule has 0 unspecified atom stereocenters. The molecule has 144 valence electrons. The third kappa shape index (κ3) is 3.65. The molecule has 1 aliphatic rings. The van der Waals surface area contributed by atoms with Crippen LogP contribution in [-0.4, -0.2) is 40.2 Å². The first-order valence-electron chi connectivity index (χ1n) is 8.57. The minimum Gasteiger partial charge on any atom is -0.497 e. The quantitative estimate of drug-likeness (QED) is 0.656. The van der Waals surface area contributed by atoms with E-state index in [1.54, 1.807) is 30.0 Å². The molecule has 0 N–H and O–H groups in total. The number of rotatable bonds is 5. The van der Waals surface area contributed by atoms with E-state index in [0.717, 1.165) is 0 Å². The van der Waals surface area contributed by atoms with Crippen LogP contribution in [0.15, 0.2) is 53.7 Å². The number of aromatic nitrogens is 3. The van der Waals surface area contributed by atoms with Gasteiger partial charge in [0, 0.05) is 17.4 Å². The van der Waals surface area contributed by atoms with Crippen molar-refractivity contribution >= 4 is 17.7 Å². The normalized spacial score (nSPS) is 13.1. The van der Waals surface area contributed by atoms with E-state index in [1.165, 1.54) is 35.0 Å². The number of amides is 1. The monoisotopic (exact) mass is 400 g/mol. The Morgan fingerprint density at radius 2 is 2.00 bits per heavy atom. The molecule has 1 aliphatic heterocycles. The standard InChI is InChI=1S/C19H17FN4O3S/c1-26-15-6-3-7-16(11-15)27-12-17-21-22-19-24(17)23(8-9-28-19)18(25)13-4-2-5-14(20)10-13/h2-7,10-11H,8-9,12H2,1H3. The molecule has 4 rings (SSSR count). The molecule has 0 fully saturated rings. The average Bonchev–Trinajstić information content (AvgIpc) is 3.15. The van der Waals surface area contributed by atoms with Crippen molar-refractivity contribution in [3.63, 3.8) is 0 Å². The third-order valence-corrected chi connectivity index (χ3v) is 5.07. The number of benzene rings is 2. The zero-order valence-electron chi connectivity index (χ0n) is 15.0. The molecular formula is C19H17FN4O3S. The highest BCUT2D eigenvalue weighted by Crippen LogP contribution is 2.25. The van der Waals surface area contributed by atoms with Gasteiger partial charge in [-0.2, -0.15) is 0 Å². The highest BCUT2D eigenvalue weighted by Gasteiger charge is 2.28. The zero-order chi connectivity index (χ0) is 19.5. The van der Waals surface area contributed by atoms with Crippen LogP contribution in [-0.2, 0) is 6.61 Å². The van der Waals surface area contributed by atoms with Crippen LogP contribution < -0.4 is 14.5 Å². The van der Waals surface area contributed by atoms with Crippen molar-refractivity contribution in [2.45, 2.75) is 11.8 Å². The van der Waals surface area contributed by atoms with Gasteiger partial charge in [0.2, 0.25) is 5.16 Å². The summed E-state index contributed by atoms with van der Waals surface area (Å²) in [6, 6.07) is 12.8. The first kappa shape index (κ1) is 18.3. The number of ether oxygens (including phenoxy) is 2. The fourth-order valence-electron chi connectivity index (χ4n) is 2.84. The number of hydrogen-bond acceptors (Lipinski definition) is 6. The Morgan fingerprint density at radius 1 is 1.18 bits per heavy atom. The number of fused-ring (bicyclic) bond motifs is 1. The van der Waals surface area contributed by atoms with Crippen molar-refractivity contribution < 1.29 is 18.7 Å². The van der Waals surface area contributed by atoms with Gasteiger partial charge in [-0.3, -0.25) is 4.79 Å². The van der Waals surface area contributed by atoms with Gasteiger partial charge in [-0.1, -0.05) is 23.9 Å².